The second-order valence-electron chi connectivity index (χ2n) is 6.22. The van der Waals surface area contributed by atoms with Gasteiger partial charge in [-0.2, -0.15) is 4.98 Å². The molecule has 24 heavy (non-hydrogen) atoms. The minimum atomic E-state index is -0.445. The standard InChI is InChI=1S/C17H21N5O2/c1-11-6-4-5-7-14(11)12(2)21(3)17-18-10-15(22(23)24)16(20-17)19-13-8-9-13/h4-7,10,12-13H,8-9H2,1-3H3,(H,18,19,20)/t12-/m0/s1. The van der Waals surface area contributed by atoms with E-state index in [1.807, 2.05) is 24.1 Å². The Morgan fingerprint density at radius 1 is 1.38 bits per heavy atom. The molecule has 3 rings (SSSR count). The lowest BCUT2D eigenvalue weighted by Gasteiger charge is -2.26. The van der Waals surface area contributed by atoms with Gasteiger partial charge < -0.3 is 10.2 Å². The lowest BCUT2D eigenvalue weighted by atomic mass is 10.0. The van der Waals surface area contributed by atoms with E-state index < -0.39 is 4.92 Å². The summed E-state index contributed by atoms with van der Waals surface area (Å²) >= 11 is 0. The first-order valence-corrected chi connectivity index (χ1v) is 8.03. The van der Waals surface area contributed by atoms with Crippen LogP contribution in [0.4, 0.5) is 17.5 Å². The van der Waals surface area contributed by atoms with Crippen molar-refractivity contribution in [3.05, 3.63) is 51.7 Å². The molecule has 1 aliphatic carbocycles. The molecule has 0 bridgehead atoms. The highest BCUT2D eigenvalue weighted by Crippen LogP contribution is 2.31. The van der Waals surface area contributed by atoms with Crippen molar-refractivity contribution >= 4 is 17.5 Å². The number of benzene rings is 1. The minimum Gasteiger partial charge on any atom is -0.361 e. The highest BCUT2D eigenvalue weighted by atomic mass is 16.6. The quantitative estimate of drug-likeness (QED) is 0.646. The van der Waals surface area contributed by atoms with Crippen molar-refractivity contribution in [2.24, 2.45) is 0 Å². The maximum absolute atomic E-state index is 11.2. The third-order valence-corrected chi connectivity index (χ3v) is 4.41. The van der Waals surface area contributed by atoms with Gasteiger partial charge in [0.15, 0.2) is 0 Å². The van der Waals surface area contributed by atoms with Gasteiger partial charge in [0.2, 0.25) is 11.8 Å². The molecule has 7 heteroatoms. The van der Waals surface area contributed by atoms with Crippen LogP contribution in [-0.4, -0.2) is 28.0 Å². The van der Waals surface area contributed by atoms with Gasteiger partial charge in [-0.15, -0.1) is 0 Å². The van der Waals surface area contributed by atoms with E-state index in [0.29, 0.717) is 11.8 Å². The summed E-state index contributed by atoms with van der Waals surface area (Å²) in [6.45, 7) is 4.14. The number of nitrogens with zero attached hydrogens (tertiary/aromatic N) is 4. The molecule has 2 aromatic rings. The molecule has 1 atom stereocenters. The predicted octanol–water partition coefficient (Wildman–Crippen LogP) is 3.46. The molecule has 0 radical (unpaired) electrons. The molecule has 1 saturated carbocycles. The first-order valence-electron chi connectivity index (χ1n) is 8.03. The molecule has 0 saturated heterocycles. The Bertz CT molecular complexity index is 760. The summed E-state index contributed by atoms with van der Waals surface area (Å²) in [5.41, 5.74) is 2.29. The van der Waals surface area contributed by atoms with Gasteiger partial charge in [0.05, 0.1) is 11.0 Å². The molecule has 0 aliphatic heterocycles. The Kier molecular flexibility index (Phi) is 4.33. The number of nitro groups is 1. The Balaban J connectivity index is 1.90. The normalized spacial score (nSPS) is 15.0. The lowest BCUT2D eigenvalue weighted by Crippen LogP contribution is -2.25. The van der Waals surface area contributed by atoms with Crippen LogP contribution in [0.5, 0.6) is 0 Å². The average Bonchev–Trinajstić information content (AvgIpc) is 3.37. The number of rotatable bonds is 6. The van der Waals surface area contributed by atoms with Crippen LogP contribution >= 0.6 is 0 Å². The predicted molar refractivity (Wildman–Crippen MR) is 93.3 cm³/mol. The summed E-state index contributed by atoms with van der Waals surface area (Å²) in [5, 5.41) is 14.3. The van der Waals surface area contributed by atoms with Gasteiger partial charge in [-0.1, -0.05) is 24.3 Å². The highest BCUT2D eigenvalue weighted by molar-refractivity contribution is 5.58. The maximum Gasteiger partial charge on any atom is 0.329 e. The number of hydrogen-bond acceptors (Lipinski definition) is 6. The van der Waals surface area contributed by atoms with Crippen molar-refractivity contribution in [2.75, 3.05) is 17.3 Å². The zero-order valence-corrected chi connectivity index (χ0v) is 14.1. The molecular formula is C17H21N5O2. The Morgan fingerprint density at radius 3 is 2.71 bits per heavy atom. The van der Waals surface area contributed by atoms with Gasteiger partial charge in [0, 0.05) is 13.1 Å². The number of aromatic nitrogens is 2. The number of anilines is 2. The van der Waals surface area contributed by atoms with Crippen LogP contribution in [0, 0.1) is 17.0 Å². The third kappa shape index (κ3) is 3.29. The van der Waals surface area contributed by atoms with E-state index in [0.717, 1.165) is 12.8 Å². The van der Waals surface area contributed by atoms with Gasteiger partial charge in [-0.05, 0) is 37.8 Å². The zero-order valence-electron chi connectivity index (χ0n) is 14.1. The van der Waals surface area contributed by atoms with Gasteiger partial charge >= 0.3 is 5.69 Å². The van der Waals surface area contributed by atoms with Crippen LogP contribution in [0.25, 0.3) is 0 Å². The largest absolute Gasteiger partial charge is 0.361 e. The second-order valence-corrected chi connectivity index (χ2v) is 6.22. The molecule has 0 unspecified atom stereocenters. The van der Waals surface area contributed by atoms with Crippen molar-refractivity contribution in [1.29, 1.82) is 0 Å². The number of aryl methyl sites for hydroxylation is 1. The van der Waals surface area contributed by atoms with Crippen LogP contribution < -0.4 is 10.2 Å². The smallest absolute Gasteiger partial charge is 0.329 e. The van der Waals surface area contributed by atoms with Gasteiger partial charge in [0.25, 0.3) is 0 Å². The average molecular weight is 327 g/mol. The molecule has 1 aliphatic rings. The minimum absolute atomic E-state index is 0.0569. The highest BCUT2D eigenvalue weighted by Gasteiger charge is 2.27. The van der Waals surface area contributed by atoms with Gasteiger partial charge in [-0.3, -0.25) is 10.1 Å². The molecular weight excluding hydrogens is 306 g/mol. The van der Waals surface area contributed by atoms with E-state index >= 15 is 0 Å². The maximum atomic E-state index is 11.2. The monoisotopic (exact) mass is 327 g/mol. The summed E-state index contributed by atoms with van der Waals surface area (Å²) in [5.74, 6) is 0.774. The van der Waals surface area contributed by atoms with Gasteiger partial charge in [0.1, 0.15) is 6.20 Å². The SMILES string of the molecule is Cc1ccccc1[C@H](C)N(C)c1ncc([N+](=O)[O-])c(NC2CC2)n1. The third-order valence-electron chi connectivity index (χ3n) is 4.41. The molecule has 1 N–H and O–H groups in total. The zero-order chi connectivity index (χ0) is 17.3. The fourth-order valence-electron chi connectivity index (χ4n) is 2.63. The van der Waals surface area contributed by atoms with E-state index in [1.54, 1.807) is 0 Å². The van der Waals surface area contributed by atoms with Crippen LogP contribution in [0.3, 0.4) is 0 Å². The summed E-state index contributed by atoms with van der Waals surface area (Å²) in [4.78, 5) is 21.3. The molecule has 7 nitrogen and oxygen atoms in total. The van der Waals surface area contributed by atoms with Crippen LogP contribution in [0.1, 0.15) is 36.9 Å². The Hall–Kier alpha value is -2.70. The van der Waals surface area contributed by atoms with Crippen LogP contribution in [-0.2, 0) is 0 Å². The molecule has 126 valence electrons. The Morgan fingerprint density at radius 2 is 2.08 bits per heavy atom. The van der Waals surface area contributed by atoms with Crippen LogP contribution in [0.15, 0.2) is 30.5 Å². The second kappa shape index (κ2) is 6.43. The summed E-state index contributed by atoms with van der Waals surface area (Å²) in [7, 11) is 1.90. The molecule has 1 fully saturated rings. The van der Waals surface area contributed by atoms with Crippen molar-refractivity contribution in [2.45, 2.75) is 38.8 Å². The van der Waals surface area contributed by atoms with E-state index in [-0.39, 0.29) is 17.8 Å². The molecule has 1 heterocycles. The van der Waals surface area contributed by atoms with Crippen molar-refractivity contribution in [3.63, 3.8) is 0 Å². The molecule has 1 aromatic carbocycles. The Labute approximate surface area is 140 Å². The number of hydrogen-bond donors (Lipinski definition) is 1. The van der Waals surface area contributed by atoms with Crippen LogP contribution in [0.2, 0.25) is 0 Å². The molecule has 0 spiro atoms. The summed E-state index contributed by atoms with van der Waals surface area (Å²) in [6.07, 6.45) is 3.33. The first-order chi connectivity index (χ1) is 11.5. The van der Waals surface area contributed by atoms with Crippen molar-refractivity contribution in [3.8, 4) is 0 Å². The molecule has 1 aromatic heterocycles. The fourth-order valence-corrected chi connectivity index (χ4v) is 2.63. The summed E-state index contributed by atoms with van der Waals surface area (Å²) < 4.78 is 0. The van der Waals surface area contributed by atoms with E-state index in [1.165, 1.54) is 17.3 Å². The summed E-state index contributed by atoms with van der Waals surface area (Å²) in [6, 6.07) is 8.49. The topological polar surface area (TPSA) is 84.2 Å². The lowest BCUT2D eigenvalue weighted by molar-refractivity contribution is -0.384. The van der Waals surface area contributed by atoms with Crippen molar-refractivity contribution in [1.82, 2.24) is 9.97 Å². The molecule has 0 amide bonds. The van der Waals surface area contributed by atoms with E-state index in [9.17, 15) is 10.1 Å². The van der Waals surface area contributed by atoms with E-state index in [4.69, 9.17) is 0 Å². The van der Waals surface area contributed by atoms with E-state index in [2.05, 4.69) is 41.3 Å². The van der Waals surface area contributed by atoms with Gasteiger partial charge in [-0.25, -0.2) is 4.98 Å². The first kappa shape index (κ1) is 16.2. The fraction of sp³-hybridized carbons (Fsp3) is 0.412. The number of nitrogens with one attached hydrogen (secondary N) is 1. The van der Waals surface area contributed by atoms with Crippen molar-refractivity contribution < 1.29 is 4.92 Å².